The van der Waals surface area contributed by atoms with Crippen molar-refractivity contribution in [3.05, 3.63) is 24.3 Å². The Balaban J connectivity index is 1.98. The molecule has 2 unspecified atom stereocenters. The number of para-hydroxylation sites is 1. The molecule has 2 atom stereocenters. The zero-order valence-corrected chi connectivity index (χ0v) is 13.2. The standard InChI is InChI=1S/C16H25NO2S/c1-3-10-17-16(12-18)9-8-13(11-16)20-15-7-5-4-6-14(15)19-2/h4-7,13,17-18H,3,8-12H2,1-2H3. The molecule has 0 saturated heterocycles. The minimum atomic E-state index is -0.0737. The van der Waals surface area contributed by atoms with Gasteiger partial charge < -0.3 is 15.2 Å². The molecule has 1 aromatic carbocycles. The molecule has 1 saturated carbocycles. The summed E-state index contributed by atoms with van der Waals surface area (Å²) >= 11 is 1.88. The number of thioether (sulfide) groups is 1. The van der Waals surface area contributed by atoms with Gasteiger partial charge in [0, 0.05) is 15.7 Å². The van der Waals surface area contributed by atoms with Gasteiger partial charge in [-0.15, -0.1) is 11.8 Å². The van der Waals surface area contributed by atoms with Gasteiger partial charge in [0.15, 0.2) is 0 Å². The average Bonchev–Trinajstić information content (AvgIpc) is 2.89. The molecule has 20 heavy (non-hydrogen) atoms. The van der Waals surface area contributed by atoms with Crippen LogP contribution >= 0.6 is 11.8 Å². The third-order valence-electron chi connectivity index (χ3n) is 3.98. The third-order valence-corrected chi connectivity index (χ3v) is 5.31. The summed E-state index contributed by atoms with van der Waals surface area (Å²) in [6, 6.07) is 8.17. The molecule has 112 valence electrons. The Morgan fingerprint density at radius 3 is 2.95 bits per heavy atom. The highest BCUT2D eigenvalue weighted by molar-refractivity contribution is 8.00. The molecule has 1 aliphatic carbocycles. The number of aliphatic hydroxyl groups excluding tert-OH is 1. The van der Waals surface area contributed by atoms with E-state index in [0.717, 1.165) is 38.0 Å². The molecular formula is C16H25NO2S. The highest BCUT2D eigenvalue weighted by Gasteiger charge is 2.38. The fourth-order valence-corrected chi connectivity index (χ4v) is 4.25. The molecule has 1 aromatic rings. The number of hydrogen-bond acceptors (Lipinski definition) is 4. The topological polar surface area (TPSA) is 41.5 Å². The predicted octanol–water partition coefficient (Wildman–Crippen LogP) is 3.07. The van der Waals surface area contributed by atoms with E-state index in [-0.39, 0.29) is 12.1 Å². The molecule has 0 spiro atoms. The van der Waals surface area contributed by atoms with E-state index < -0.39 is 0 Å². The van der Waals surface area contributed by atoms with Gasteiger partial charge in [-0.05, 0) is 44.4 Å². The lowest BCUT2D eigenvalue weighted by atomic mass is 9.99. The van der Waals surface area contributed by atoms with Gasteiger partial charge in [0.05, 0.1) is 13.7 Å². The lowest BCUT2D eigenvalue weighted by Crippen LogP contribution is -2.46. The Hall–Kier alpha value is -0.710. The summed E-state index contributed by atoms with van der Waals surface area (Å²) in [5.74, 6) is 0.945. The van der Waals surface area contributed by atoms with Crippen LogP contribution in [0.5, 0.6) is 5.75 Å². The number of ether oxygens (including phenoxy) is 1. The van der Waals surface area contributed by atoms with Gasteiger partial charge >= 0.3 is 0 Å². The van der Waals surface area contributed by atoms with Crippen molar-refractivity contribution in [1.82, 2.24) is 5.32 Å². The lowest BCUT2D eigenvalue weighted by Gasteiger charge is -2.28. The molecule has 0 aliphatic heterocycles. The van der Waals surface area contributed by atoms with Gasteiger partial charge in [-0.25, -0.2) is 0 Å². The Labute approximate surface area is 126 Å². The summed E-state index contributed by atoms with van der Waals surface area (Å²) in [6.45, 7) is 3.37. The van der Waals surface area contributed by atoms with Crippen LogP contribution in [0.25, 0.3) is 0 Å². The first-order valence-corrected chi connectivity index (χ1v) is 8.26. The second-order valence-corrected chi connectivity index (χ2v) is 6.84. The van der Waals surface area contributed by atoms with Crippen molar-refractivity contribution in [2.24, 2.45) is 0 Å². The van der Waals surface area contributed by atoms with Crippen LogP contribution in [0.4, 0.5) is 0 Å². The van der Waals surface area contributed by atoms with E-state index in [0.29, 0.717) is 5.25 Å². The number of nitrogens with one attached hydrogen (secondary N) is 1. The Morgan fingerprint density at radius 2 is 2.25 bits per heavy atom. The van der Waals surface area contributed by atoms with E-state index in [1.165, 1.54) is 4.90 Å². The summed E-state index contributed by atoms with van der Waals surface area (Å²) in [4.78, 5) is 1.20. The molecule has 2 N–H and O–H groups in total. The third kappa shape index (κ3) is 3.68. The van der Waals surface area contributed by atoms with Crippen LogP contribution in [-0.2, 0) is 0 Å². The fraction of sp³-hybridized carbons (Fsp3) is 0.625. The molecule has 3 nitrogen and oxygen atoms in total. The van der Waals surface area contributed by atoms with Crippen LogP contribution in [0, 0.1) is 0 Å². The van der Waals surface area contributed by atoms with Crippen LogP contribution in [0.15, 0.2) is 29.2 Å². The van der Waals surface area contributed by atoms with E-state index in [2.05, 4.69) is 24.4 Å². The molecule has 0 bridgehead atoms. The van der Waals surface area contributed by atoms with Gasteiger partial charge in [0.2, 0.25) is 0 Å². The van der Waals surface area contributed by atoms with Gasteiger partial charge in [-0.3, -0.25) is 0 Å². The quantitative estimate of drug-likeness (QED) is 0.811. The van der Waals surface area contributed by atoms with Crippen molar-refractivity contribution in [2.45, 2.75) is 48.3 Å². The molecule has 0 aromatic heterocycles. The van der Waals surface area contributed by atoms with Gasteiger partial charge in [-0.1, -0.05) is 19.1 Å². The predicted molar refractivity (Wildman–Crippen MR) is 84.6 cm³/mol. The summed E-state index contributed by atoms with van der Waals surface area (Å²) in [5.41, 5.74) is -0.0737. The van der Waals surface area contributed by atoms with Crippen LogP contribution in [0.3, 0.4) is 0 Å². The largest absolute Gasteiger partial charge is 0.496 e. The second kappa shape index (κ2) is 7.34. The van der Waals surface area contributed by atoms with Crippen LogP contribution in [-0.4, -0.2) is 36.2 Å². The first-order chi connectivity index (χ1) is 9.73. The summed E-state index contributed by atoms with van der Waals surface area (Å²) in [6.07, 6.45) is 4.31. The maximum Gasteiger partial charge on any atom is 0.132 e. The van der Waals surface area contributed by atoms with Crippen LogP contribution < -0.4 is 10.1 Å². The van der Waals surface area contributed by atoms with Crippen LogP contribution in [0.1, 0.15) is 32.6 Å². The van der Waals surface area contributed by atoms with E-state index in [1.807, 2.05) is 23.9 Å². The van der Waals surface area contributed by atoms with Gasteiger partial charge in [-0.2, -0.15) is 0 Å². The summed E-state index contributed by atoms with van der Waals surface area (Å²) < 4.78 is 5.41. The lowest BCUT2D eigenvalue weighted by molar-refractivity contribution is 0.165. The average molecular weight is 295 g/mol. The van der Waals surface area contributed by atoms with Crippen molar-refractivity contribution >= 4 is 11.8 Å². The molecule has 0 radical (unpaired) electrons. The van der Waals surface area contributed by atoms with Crippen molar-refractivity contribution in [1.29, 1.82) is 0 Å². The Kier molecular flexibility index (Phi) is 5.75. The highest BCUT2D eigenvalue weighted by Crippen LogP contribution is 2.42. The zero-order valence-electron chi connectivity index (χ0n) is 12.4. The number of rotatable bonds is 7. The SMILES string of the molecule is CCCNC1(CO)CCC(Sc2ccccc2OC)C1. The van der Waals surface area contributed by atoms with Crippen molar-refractivity contribution < 1.29 is 9.84 Å². The van der Waals surface area contributed by atoms with Crippen molar-refractivity contribution in [3.8, 4) is 5.75 Å². The summed E-state index contributed by atoms with van der Waals surface area (Å²) in [7, 11) is 1.72. The molecule has 2 rings (SSSR count). The molecular weight excluding hydrogens is 270 g/mol. The molecule has 4 heteroatoms. The minimum Gasteiger partial charge on any atom is -0.496 e. The van der Waals surface area contributed by atoms with Crippen molar-refractivity contribution in [3.63, 3.8) is 0 Å². The number of aliphatic hydroxyl groups is 1. The monoisotopic (exact) mass is 295 g/mol. The minimum absolute atomic E-state index is 0.0737. The van der Waals surface area contributed by atoms with E-state index in [1.54, 1.807) is 7.11 Å². The van der Waals surface area contributed by atoms with E-state index in [4.69, 9.17) is 4.74 Å². The van der Waals surface area contributed by atoms with Crippen molar-refractivity contribution in [2.75, 3.05) is 20.3 Å². The van der Waals surface area contributed by atoms with E-state index in [9.17, 15) is 5.11 Å². The van der Waals surface area contributed by atoms with Gasteiger partial charge in [0.1, 0.15) is 5.75 Å². The molecule has 1 aliphatic rings. The molecule has 0 heterocycles. The zero-order chi connectivity index (χ0) is 14.4. The molecule has 1 fully saturated rings. The smallest absolute Gasteiger partial charge is 0.132 e. The highest BCUT2D eigenvalue weighted by atomic mass is 32.2. The maximum atomic E-state index is 9.73. The first-order valence-electron chi connectivity index (χ1n) is 7.38. The second-order valence-electron chi connectivity index (χ2n) is 5.50. The number of hydrogen-bond donors (Lipinski definition) is 2. The summed E-state index contributed by atoms with van der Waals surface area (Å²) in [5, 5.41) is 13.8. The van der Waals surface area contributed by atoms with E-state index >= 15 is 0 Å². The normalized spacial score (nSPS) is 25.9. The Bertz CT molecular complexity index is 427. The maximum absolute atomic E-state index is 9.73. The molecule has 0 amide bonds. The van der Waals surface area contributed by atoms with Crippen LogP contribution in [0.2, 0.25) is 0 Å². The first kappa shape index (κ1) is 15.7. The number of methoxy groups -OCH3 is 1. The number of benzene rings is 1. The fourth-order valence-electron chi connectivity index (χ4n) is 2.82. The van der Waals surface area contributed by atoms with Gasteiger partial charge in [0.25, 0.3) is 0 Å². The Morgan fingerprint density at radius 1 is 1.45 bits per heavy atom.